The molecule has 1 N–H and O–H groups in total. The van der Waals surface area contributed by atoms with Gasteiger partial charge < -0.3 is 9.15 Å². The van der Waals surface area contributed by atoms with Gasteiger partial charge in [0.1, 0.15) is 17.3 Å². The highest BCUT2D eigenvalue weighted by Crippen LogP contribution is 2.31. The largest absolute Gasteiger partial charge is 0.484 e. The first kappa shape index (κ1) is 20.0. The Hall–Kier alpha value is -2.76. The van der Waals surface area contributed by atoms with Crippen molar-refractivity contribution >= 4 is 35.3 Å². The number of rotatable bonds is 6. The van der Waals surface area contributed by atoms with Gasteiger partial charge in [0, 0.05) is 10.6 Å². The molecule has 3 aromatic rings. The molecule has 28 heavy (non-hydrogen) atoms. The van der Waals surface area contributed by atoms with Gasteiger partial charge in [0.05, 0.1) is 11.2 Å². The number of hydrogen-bond donors (Lipinski definition) is 1. The molecule has 5 nitrogen and oxygen atoms in total. The van der Waals surface area contributed by atoms with Crippen molar-refractivity contribution in [3.05, 3.63) is 75.5 Å². The highest BCUT2D eigenvalue weighted by Gasteiger charge is 2.09. The van der Waals surface area contributed by atoms with E-state index in [1.165, 1.54) is 6.21 Å². The minimum Gasteiger partial charge on any atom is -0.484 e. The number of nitrogens with zero attached hydrogens (tertiary/aromatic N) is 1. The molecule has 1 aromatic heterocycles. The number of amides is 1. The number of benzene rings is 2. The molecule has 0 aliphatic carbocycles. The van der Waals surface area contributed by atoms with Gasteiger partial charge >= 0.3 is 0 Å². The zero-order valence-corrected chi connectivity index (χ0v) is 16.8. The molecular formula is C21H18Cl2N2O3. The van der Waals surface area contributed by atoms with Crippen LogP contribution >= 0.6 is 23.2 Å². The quantitative estimate of drug-likeness (QED) is 0.432. The SMILES string of the molecule is Cc1cc(C)cc(OCC(=O)N/N=C/c2ccc(-c3cc(Cl)ccc3Cl)o2)c1. The molecule has 2 aromatic carbocycles. The zero-order chi connectivity index (χ0) is 20.1. The number of carbonyl (C=O) groups is 1. The summed E-state index contributed by atoms with van der Waals surface area (Å²) in [6.45, 7) is 3.80. The molecule has 0 saturated carbocycles. The number of furan rings is 1. The minimum absolute atomic E-state index is 0.137. The van der Waals surface area contributed by atoms with Gasteiger partial charge in [-0.1, -0.05) is 29.3 Å². The molecule has 1 heterocycles. The lowest BCUT2D eigenvalue weighted by atomic mass is 10.1. The van der Waals surface area contributed by atoms with Crippen molar-refractivity contribution in [2.45, 2.75) is 13.8 Å². The van der Waals surface area contributed by atoms with E-state index in [4.69, 9.17) is 32.4 Å². The Kier molecular flexibility index (Phi) is 6.39. The maximum absolute atomic E-state index is 11.9. The molecule has 0 aliphatic rings. The second-order valence-corrected chi connectivity index (χ2v) is 7.08. The Balaban J connectivity index is 1.55. The average Bonchev–Trinajstić information content (AvgIpc) is 3.10. The first-order valence-corrected chi connectivity index (χ1v) is 9.24. The van der Waals surface area contributed by atoms with Gasteiger partial charge in [-0.15, -0.1) is 0 Å². The topological polar surface area (TPSA) is 63.8 Å². The third kappa shape index (κ3) is 5.38. The van der Waals surface area contributed by atoms with Crippen LogP contribution in [0.3, 0.4) is 0 Å². The first-order valence-electron chi connectivity index (χ1n) is 8.49. The Morgan fingerprint density at radius 1 is 1.11 bits per heavy atom. The van der Waals surface area contributed by atoms with Gasteiger partial charge in [0.25, 0.3) is 5.91 Å². The number of halogens is 2. The van der Waals surface area contributed by atoms with Crippen LogP contribution in [0.1, 0.15) is 16.9 Å². The lowest BCUT2D eigenvalue weighted by Gasteiger charge is -2.07. The fourth-order valence-corrected chi connectivity index (χ4v) is 3.00. The van der Waals surface area contributed by atoms with Gasteiger partial charge in [-0.05, 0) is 67.4 Å². The van der Waals surface area contributed by atoms with Gasteiger partial charge in [0.15, 0.2) is 6.61 Å². The van der Waals surface area contributed by atoms with Gasteiger partial charge in [0.2, 0.25) is 0 Å². The Labute approximate surface area is 172 Å². The van der Waals surface area contributed by atoms with Crippen molar-refractivity contribution in [3.8, 4) is 17.1 Å². The van der Waals surface area contributed by atoms with Crippen LogP contribution in [0.2, 0.25) is 10.0 Å². The molecule has 0 spiro atoms. The van der Waals surface area contributed by atoms with Crippen LogP contribution in [0, 0.1) is 13.8 Å². The Bertz CT molecular complexity index is 1010. The van der Waals surface area contributed by atoms with E-state index in [0.717, 1.165) is 11.1 Å². The first-order chi connectivity index (χ1) is 13.4. The predicted octanol–water partition coefficient (Wildman–Crippen LogP) is 5.40. The lowest BCUT2D eigenvalue weighted by molar-refractivity contribution is -0.123. The molecule has 0 fully saturated rings. The van der Waals surface area contributed by atoms with E-state index in [1.54, 1.807) is 30.3 Å². The second kappa shape index (κ2) is 8.95. The Morgan fingerprint density at radius 3 is 2.61 bits per heavy atom. The summed E-state index contributed by atoms with van der Waals surface area (Å²) >= 11 is 12.2. The van der Waals surface area contributed by atoms with Crippen LogP contribution in [0.5, 0.6) is 5.75 Å². The van der Waals surface area contributed by atoms with Crippen LogP contribution in [0.15, 0.2) is 58.0 Å². The smallest absolute Gasteiger partial charge is 0.277 e. The molecule has 0 atom stereocenters. The summed E-state index contributed by atoms with van der Waals surface area (Å²) in [5.74, 6) is 1.28. The van der Waals surface area contributed by atoms with Crippen molar-refractivity contribution in [1.29, 1.82) is 0 Å². The molecule has 144 valence electrons. The highest BCUT2D eigenvalue weighted by atomic mass is 35.5. The van der Waals surface area contributed by atoms with Gasteiger partial charge in [-0.3, -0.25) is 4.79 Å². The maximum atomic E-state index is 11.9. The van der Waals surface area contributed by atoms with Gasteiger partial charge in [-0.25, -0.2) is 5.43 Å². The summed E-state index contributed by atoms with van der Waals surface area (Å²) in [6.07, 6.45) is 1.40. The number of hydrazone groups is 1. The molecule has 0 unspecified atom stereocenters. The molecule has 0 radical (unpaired) electrons. The molecule has 3 rings (SSSR count). The fourth-order valence-electron chi connectivity index (χ4n) is 2.62. The zero-order valence-electron chi connectivity index (χ0n) is 15.3. The second-order valence-electron chi connectivity index (χ2n) is 6.23. The van der Waals surface area contributed by atoms with Gasteiger partial charge in [-0.2, -0.15) is 5.10 Å². The van der Waals surface area contributed by atoms with Crippen LogP contribution in [-0.4, -0.2) is 18.7 Å². The molecule has 0 aliphatic heterocycles. The maximum Gasteiger partial charge on any atom is 0.277 e. The lowest BCUT2D eigenvalue weighted by Crippen LogP contribution is -2.24. The van der Waals surface area contributed by atoms with E-state index < -0.39 is 0 Å². The summed E-state index contributed by atoms with van der Waals surface area (Å²) in [6, 6.07) is 14.4. The van der Waals surface area contributed by atoms with Crippen LogP contribution in [0.4, 0.5) is 0 Å². The van der Waals surface area contributed by atoms with E-state index in [-0.39, 0.29) is 12.5 Å². The third-order valence-electron chi connectivity index (χ3n) is 3.77. The summed E-state index contributed by atoms with van der Waals surface area (Å²) in [5, 5.41) is 4.96. The van der Waals surface area contributed by atoms with E-state index in [0.29, 0.717) is 32.9 Å². The van der Waals surface area contributed by atoms with E-state index in [1.807, 2.05) is 32.0 Å². The average molecular weight is 417 g/mol. The number of aryl methyl sites for hydroxylation is 2. The third-order valence-corrected chi connectivity index (χ3v) is 4.33. The molecule has 1 amide bonds. The van der Waals surface area contributed by atoms with Crippen LogP contribution in [0.25, 0.3) is 11.3 Å². The normalized spacial score (nSPS) is 11.0. The van der Waals surface area contributed by atoms with Crippen molar-refractivity contribution < 1.29 is 13.9 Å². The number of nitrogens with one attached hydrogen (secondary N) is 1. The molecular weight excluding hydrogens is 399 g/mol. The van der Waals surface area contributed by atoms with E-state index >= 15 is 0 Å². The van der Waals surface area contributed by atoms with Crippen molar-refractivity contribution in [1.82, 2.24) is 5.43 Å². The van der Waals surface area contributed by atoms with Crippen LogP contribution in [-0.2, 0) is 4.79 Å². The van der Waals surface area contributed by atoms with E-state index in [2.05, 4.69) is 10.5 Å². The van der Waals surface area contributed by atoms with Crippen molar-refractivity contribution in [2.24, 2.45) is 5.10 Å². The number of ether oxygens (including phenoxy) is 1. The van der Waals surface area contributed by atoms with E-state index in [9.17, 15) is 4.79 Å². The highest BCUT2D eigenvalue weighted by molar-refractivity contribution is 6.35. The summed E-state index contributed by atoms with van der Waals surface area (Å²) in [4.78, 5) is 11.9. The molecule has 7 heteroatoms. The predicted molar refractivity (Wildman–Crippen MR) is 111 cm³/mol. The molecule has 0 bridgehead atoms. The standard InChI is InChI=1S/C21H18Cl2N2O3/c1-13-7-14(2)9-17(8-13)27-12-21(26)25-24-11-16-4-6-20(28-16)18-10-15(22)3-5-19(18)23/h3-11H,12H2,1-2H3,(H,25,26)/b24-11+. The number of hydrogen-bond acceptors (Lipinski definition) is 4. The van der Waals surface area contributed by atoms with Crippen molar-refractivity contribution in [2.75, 3.05) is 6.61 Å². The Morgan fingerprint density at radius 2 is 1.86 bits per heavy atom. The minimum atomic E-state index is -0.375. The van der Waals surface area contributed by atoms with Crippen LogP contribution < -0.4 is 10.2 Å². The molecule has 0 saturated heterocycles. The number of carbonyl (C=O) groups excluding carboxylic acids is 1. The summed E-state index contributed by atoms with van der Waals surface area (Å²) in [5.41, 5.74) is 5.22. The fraction of sp³-hybridized carbons (Fsp3) is 0.143. The monoisotopic (exact) mass is 416 g/mol. The summed E-state index contributed by atoms with van der Waals surface area (Å²) < 4.78 is 11.2. The van der Waals surface area contributed by atoms with Crippen molar-refractivity contribution in [3.63, 3.8) is 0 Å². The summed E-state index contributed by atoms with van der Waals surface area (Å²) in [7, 11) is 0.